The maximum absolute atomic E-state index is 4.02. The second-order valence-electron chi connectivity index (χ2n) is 1.80. The van der Waals surface area contributed by atoms with Crippen LogP contribution in [0.25, 0.3) is 0 Å². The Hall–Kier alpha value is 0.716. The van der Waals surface area contributed by atoms with Crippen LogP contribution in [0.4, 0.5) is 0 Å². The van der Waals surface area contributed by atoms with E-state index < -0.39 is 0 Å². The summed E-state index contributed by atoms with van der Waals surface area (Å²) in [6.45, 7) is 3.85. The van der Waals surface area contributed by atoms with Crippen LogP contribution in [0.15, 0.2) is 12.4 Å². The first kappa shape index (κ1) is 9.72. The molecule has 1 aromatic heterocycles. The molecular formula is C6H8KN2. The summed E-state index contributed by atoms with van der Waals surface area (Å²) in [5, 5.41) is 0. The Labute approximate surface area is 97.5 Å². The third-order valence-electron chi connectivity index (χ3n) is 0.910. The fraction of sp³-hybridized carbons (Fsp3) is 0.333. The Balaban J connectivity index is 0.000000640. The second kappa shape index (κ2) is 4.52. The number of rotatable bonds is 0. The van der Waals surface area contributed by atoms with E-state index in [1.807, 2.05) is 13.8 Å². The number of hydrogen-bond donors (Lipinski definition) is 0. The van der Waals surface area contributed by atoms with Gasteiger partial charge in [0.05, 0.1) is 11.4 Å². The molecule has 1 aromatic rings. The van der Waals surface area contributed by atoms with Gasteiger partial charge in [0.25, 0.3) is 0 Å². The molecule has 9 heavy (non-hydrogen) atoms. The maximum Gasteiger partial charge on any atom is 0.0555 e. The van der Waals surface area contributed by atoms with Crippen LogP contribution >= 0.6 is 0 Å². The molecule has 0 aliphatic rings. The smallest absolute Gasteiger partial charge is 0.0555 e. The standard InChI is InChI=1S/C6H8N2.K/c1-5-3-8-6(2)4-7-5;/h3-4H,1-2H3;. The Morgan fingerprint density at radius 1 is 1.00 bits per heavy atom. The largest absolute Gasteiger partial charge is 0.258 e. The molecular weight excluding hydrogens is 139 g/mol. The van der Waals surface area contributed by atoms with Crippen molar-refractivity contribution in [3.05, 3.63) is 23.8 Å². The van der Waals surface area contributed by atoms with E-state index in [9.17, 15) is 0 Å². The summed E-state index contributed by atoms with van der Waals surface area (Å²) >= 11 is 0. The topological polar surface area (TPSA) is 25.8 Å². The van der Waals surface area contributed by atoms with Gasteiger partial charge in [0.1, 0.15) is 0 Å². The zero-order valence-corrected chi connectivity index (χ0v) is 9.17. The summed E-state index contributed by atoms with van der Waals surface area (Å²) in [5.41, 5.74) is 1.94. The molecule has 0 aliphatic heterocycles. The van der Waals surface area contributed by atoms with E-state index in [1.54, 1.807) is 12.4 Å². The van der Waals surface area contributed by atoms with Crippen molar-refractivity contribution in [2.45, 2.75) is 13.8 Å². The molecule has 0 fully saturated rings. The summed E-state index contributed by atoms with van der Waals surface area (Å²) in [5.74, 6) is 0. The van der Waals surface area contributed by atoms with E-state index >= 15 is 0 Å². The van der Waals surface area contributed by atoms with E-state index in [0.29, 0.717) is 0 Å². The predicted octanol–water partition coefficient (Wildman–Crippen LogP) is 0.713. The fourth-order valence-electron chi connectivity index (χ4n) is 0.457. The van der Waals surface area contributed by atoms with Crippen molar-refractivity contribution in [1.82, 2.24) is 9.97 Å². The molecule has 2 nitrogen and oxygen atoms in total. The Morgan fingerprint density at radius 3 is 1.56 bits per heavy atom. The first-order chi connectivity index (χ1) is 3.79. The van der Waals surface area contributed by atoms with Crippen LogP contribution in [0.3, 0.4) is 0 Å². The van der Waals surface area contributed by atoms with Gasteiger partial charge < -0.3 is 0 Å². The van der Waals surface area contributed by atoms with Crippen molar-refractivity contribution in [2.24, 2.45) is 0 Å². The van der Waals surface area contributed by atoms with Gasteiger partial charge in [0, 0.05) is 63.8 Å². The average molecular weight is 147 g/mol. The van der Waals surface area contributed by atoms with Crippen LogP contribution in [0.2, 0.25) is 0 Å². The van der Waals surface area contributed by atoms with Crippen LogP contribution in [0.5, 0.6) is 0 Å². The average Bonchev–Trinajstić information content (AvgIpc) is 1.77. The molecule has 0 saturated heterocycles. The monoisotopic (exact) mass is 147 g/mol. The normalized spacial score (nSPS) is 8.22. The SMILES string of the molecule is Cc1cnc(C)cn1.[K]. The van der Waals surface area contributed by atoms with Gasteiger partial charge in [-0.25, -0.2) is 0 Å². The maximum atomic E-state index is 4.02. The van der Waals surface area contributed by atoms with Crippen LogP contribution in [-0.2, 0) is 0 Å². The first-order valence-electron chi connectivity index (χ1n) is 2.54. The van der Waals surface area contributed by atoms with Crippen molar-refractivity contribution in [2.75, 3.05) is 0 Å². The van der Waals surface area contributed by atoms with Crippen molar-refractivity contribution < 1.29 is 0 Å². The molecule has 0 spiro atoms. The molecule has 0 aliphatic carbocycles. The molecule has 1 heterocycles. The Bertz CT molecular complexity index is 150. The third-order valence-corrected chi connectivity index (χ3v) is 0.910. The van der Waals surface area contributed by atoms with E-state index in [4.69, 9.17) is 0 Å². The van der Waals surface area contributed by atoms with Gasteiger partial charge in [-0.15, -0.1) is 0 Å². The molecule has 0 unspecified atom stereocenters. The number of aromatic nitrogens is 2. The summed E-state index contributed by atoms with van der Waals surface area (Å²) in [6.07, 6.45) is 3.52. The van der Waals surface area contributed by atoms with Gasteiger partial charge in [0.2, 0.25) is 0 Å². The Kier molecular flexibility index (Phi) is 4.88. The predicted molar refractivity (Wildman–Crippen MR) is 37.3 cm³/mol. The van der Waals surface area contributed by atoms with Gasteiger partial charge in [0.15, 0.2) is 0 Å². The van der Waals surface area contributed by atoms with Gasteiger partial charge in [-0.1, -0.05) is 0 Å². The van der Waals surface area contributed by atoms with E-state index in [1.165, 1.54) is 0 Å². The van der Waals surface area contributed by atoms with Gasteiger partial charge in [-0.05, 0) is 13.8 Å². The Morgan fingerprint density at radius 2 is 1.33 bits per heavy atom. The molecule has 0 amide bonds. The summed E-state index contributed by atoms with van der Waals surface area (Å²) in [4.78, 5) is 8.03. The fourth-order valence-corrected chi connectivity index (χ4v) is 0.457. The summed E-state index contributed by atoms with van der Waals surface area (Å²) in [7, 11) is 0. The number of hydrogen-bond acceptors (Lipinski definition) is 2. The number of aryl methyl sites for hydroxylation is 2. The molecule has 0 saturated carbocycles. The molecule has 0 N–H and O–H groups in total. The minimum atomic E-state index is 0. The zero-order chi connectivity index (χ0) is 5.98. The van der Waals surface area contributed by atoms with Crippen molar-refractivity contribution in [1.29, 1.82) is 0 Å². The van der Waals surface area contributed by atoms with Crippen molar-refractivity contribution >= 4 is 51.4 Å². The van der Waals surface area contributed by atoms with Crippen LogP contribution in [-0.4, -0.2) is 61.4 Å². The quantitative estimate of drug-likeness (QED) is 0.505. The van der Waals surface area contributed by atoms with Crippen LogP contribution in [0, 0.1) is 13.8 Å². The third kappa shape index (κ3) is 3.42. The van der Waals surface area contributed by atoms with E-state index in [-0.39, 0.29) is 51.4 Å². The van der Waals surface area contributed by atoms with Crippen molar-refractivity contribution in [3.63, 3.8) is 0 Å². The second-order valence-corrected chi connectivity index (χ2v) is 1.80. The molecule has 1 rings (SSSR count). The molecule has 3 heteroatoms. The van der Waals surface area contributed by atoms with Gasteiger partial charge in [-0.3, -0.25) is 9.97 Å². The van der Waals surface area contributed by atoms with Gasteiger partial charge in [-0.2, -0.15) is 0 Å². The molecule has 0 bridgehead atoms. The van der Waals surface area contributed by atoms with Crippen molar-refractivity contribution in [3.8, 4) is 0 Å². The molecule has 43 valence electrons. The summed E-state index contributed by atoms with van der Waals surface area (Å²) in [6, 6.07) is 0. The number of nitrogens with zero attached hydrogens (tertiary/aromatic N) is 2. The zero-order valence-electron chi connectivity index (χ0n) is 6.05. The minimum Gasteiger partial charge on any atom is -0.258 e. The van der Waals surface area contributed by atoms with Crippen LogP contribution < -0.4 is 0 Å². The van der Waals surface area contributed by atoms with E-state index in [2.05, 4.69) is 9.97 Å². The molecule has 1 radical (unpaired) electrons. The summed E-state index contributed by atoms with van der Waals surface area (Å²) < 4.78 is 0. The molecule has 0 atom stereocenters. The van der Waals surface area contributed by atoms with Gasteiger partial charge >= 0.3 is 0 Å². The minimum absolute atomic E-state index is 0. The van der Waals surface area contributed by atoms with Crippen LogP contribution in [0.1, 0.15) is 11.4 Å². The molecule has 0 aromatic carbocycles. The first-order valence-corrected chi connectivity index (χ1v) is 2.54. The van der Waals surface area contributed by atoms with E-state index in [0.717, 1.165) is 11.4 Å².